The third-order valence-electron chi connectivity index (χ3n) is 6.93. The van der Waals surface area contributed by atoms with Crippen molar-refractivity contribution in [3.05, 3.63) is 64.2 Å². The third-order valence-corrected chi connectivity index (χ3v) is 6.93. The first-order valence-corrected chi connectivity index (χ1v) is 12.2. The number of hydrogen-bond donors (Lipinski definition) is 2. The van der Waals surface area contributed by atoms with Crippen molar-refractivity contribution in [3.63, 3.8) is 0 Å². The molecule has 2 heterocycles. The fourth-order valence-electron chi connectivity index (χ4n) is 4.85. The van der Waals surface area contributed by atoms with Crippen LogP contribution in [0.25, 0.3) is 0 Å². The molecule has 8 nitrogen and oxygen atoms in total. The Morgan fingerprint density at radius 3 is 2.24 bits per heavy atom. The van der Waals surface area contributed by atoms with Crippen LogP contribution in [0.4, 0.5) is 35.0 Å². The molecule has 0 saturated carbocycles. The normalized spacial score (nSPS) is 17.2. The summed E-state index contributed by atoms with van der Waals surface area (Å²) < 4.78 is 39.7. The monoisotopic (exact) mass is 521 g/mol. The van der Waals surface area contributed by atoms with Gasteiger partial charge in [-0.2, -0.15) is 13.2 Å². The molecule has 11 heteroatoms. The van der Waals surface area contributed by atoms with E-state index < -0.39 is 22.4 Å². The van der Waals surface area contributed by atoms with Gasteiger partial charge in [0.15, 0.2) is 0 Å². The van der Waals surface area contributed by atoms with Gasteiger partial charge in [-0.25, -0.2) is 4.79 Å². The Bertz CT molecular complexity index is 1050. The number of amides is 2. The fourth-order valence-corrected chi connectivity index (χ4v) is 4.85. The Kier molecular flexibility index (Phi) is 9.23. The van der Waals surface area contributed by atoms with E-state index in [4.69, 9.17) is 0 Å². The predicted octanol–water partition coefficient (Wildman–Crippen LogP) is 5.75. The number of alkyl halides is 3. The van der Waals surface area contributed by atoms with Gasteiger partial charge in [0.05, 0.1) is 4.92 Å². The van der Waals surface area contributed by atoms with Gasteiger partial charge in [-0.05, 0) is 55.9 Å². The molecule has 0 radical (unpaired) electrons. The molecule has 0 atom stereocenters. The Balaban J connectivity index is 0.00000380. The Morgan fingerprint density at radius 2 is 1.65 bits per heavy atom. The summed E-state index contributed by atoms with van der Waals surface area (Å²) in [4.78, 5) is 26.6. The molecule has 0 spiro atoms. The van der Waals surface area contributed by atoms with Crippen LogP contribution in [0.2, 0.25) is 0 Å². The van der Waals surface area contributed by atoms with Crippen LogP contribution in [0.1, 0.15) is 38.7 Å². The lowest BCUT2D eigenvalue weighted by atomic mass is 9.96. The van der Waals surface area contributed by atoms with Crippen molar-refractivity contribution in [1.29, 1.82) is 0 Å². The van der Waals surface area contributed by atoms with Gasteiger partial charge in [0.1, 0.15) is 5.56 Å². The molecule has 2 saturated heterocycles. The lowest BCUT2D eigenvalue weighted by Gasteiger charge is -2.35. The maximum Gasteiger partial charge on any atom is 0.423 e. The molecule has 2 amide bonds. The van der Waals surface area contributed by atoms with Crippen LogP contribution < -0.4 is 15.5 Å². The van der Waals surface area contributed by atoms with E-state index in [1.165, 1.54) is 11.8 Å². The molecule has 2 fully saturated rings. The quantitative estimate of drug-likeness (QED) is 0.373. The van der Waals surface area contributed by atoms with E-state index in [-0.39, 0.29) is 25.2 Å². The second kappa shape index (κ2) is 12.2. The topological polar surface area (TPSA) is 90.8 Å². The zero-order chi connectivity index (χ0) is 25.7. The van der Waals surface area contributed by atoms with E-state index >= 15 is 0 Å². The number of benzene rings is 2. The molecule has 0 aliphatic carbocycles. The van der Waals surface area contributed by atoms with Crippen LogP contribution in [-0.4, -0.2) is 54.6 Å². The largest absolute Gasteiger partial charge is 0.423 e. The minimum Gasteiger partial charge on any atom is -0.382 e. The lowest BCUT2D eigenvalue weighted by molar-refractivity contribution is -0.388. The van der Waals surface area contributed by atoms with Gasteiger partial charge < -0.3 is 20.4 Å². The molecule has 2 N–H and O–H groups in total. The average Bonchev–Trinajstić information content (AvgIpc) is 2.88. The van der Waals surface area contributed by atoms with Gasteiger partial charge in [-0.15, -0.1) is 0 Å². The molecule has 2 aromatic carbocycles. The van der Waals surface area contributed by atoms with Crippen molar-refractivity contribution in [1.82, 2.24) is 10.2 Å². The molecule has 2 aromatic rings. The molecule has 202 valence electrons. The minimum atomic E-state index is -4.82. The number of halogens is 3. The van der Waals surface area contributed by atoms with E-state index in [1.54, 1.807) is 4.90 Å². The summed E-state index contributed by atoms with van der Waals surface area (Å²) in [5, 5.41) is 17.0. The van der Waals surface area contributed by atoms with E-state index in [0.717, 1.165) is 38.1 Å². The molecule has 2 aliphatic heterocycles. The van der Waals surface area contributed by atoms with Gasteiger partial charge in [-0.1, -0.05) is 25.6 Å². The number of nitrogens with zero attached hydrogens (tertiary/aromatic N) is 3. The Labute approximate surface area is 215 Å². The van der Waals surface area contributed by atoms with E-state index in [2.05, 4.69) is 27.7 Å². The minimum absolute atomic E-state index is 0. The highest BCUT2D eigenvalue weighted by Crippen LogP contribution is 2.38. The van der Waals surface area contributed by atoms with Crippen LogP contribution >= 0.6 is 0 Å². The number of carbonyl (C=O) groups excluding carboxylic acids is 1. The first kappa shape index (κ1) is 28.1. The molecule has 0 unspecified atom stereocenters. The number of likely N-dealkylation sites (tertiary alicyclic amines) is 1. The zero-order valence-corrected chi connectivity index (χ0v) is 19.8. The van der Waals surface area contributed by atoms with E-state index in [1.807, 2.05) is 18.2 Å². The number of anilines is 2. The fraction of sp³-hybridized carbons (Fsp3) is 0.500. The van der Waals surface area contributed by atoms with Crippen molar-refractivity contribution < 1.29 is 22.9 Å². The lowest BCUT2D eigenvalue weighted by Crippen LogP contribution is -2.48. The Morgan fingerprint density at radius 1 is 1.00 bits per heavy atom. The number of para-hydroxylation sites is 1. The number of nitro benzene ring substituents is 1. The molecule has 4 rings (SSSR count). The number of rotatable bonds is 6. The summed E-state index contributed by atoms with van der Waals surface area (Å²) in [6, 6.07) is 13.0. The molecule has 0 bridgehead atoms. The summed E-state index contributed by atoms with van der Waals surface area (Å²) in [5.74, 6) is 0.429. The molecular formula is C26H34F3N5O3. The highest BCUT2D eigenvalue weighted by Gasteiger charge is 2.38. The van der Waals surface area contributed by atoms with Crippen LogP contribution in [0, 0.1) is 16.0 Å². The first-order valence-electron chi connectivity index (χ1n) is 12.2. The second-order valence-electron chi connectivity index (χ2n) is 9.34. The number of carbonyl (C=O) groups is 1. The molecular weight excluding hydrogens is 487 g/mol. The van der Waals surface area contributed by atoms with Crippen LogP contribution in [0.3, 0.4) is 0 Å². The smallest absolute Gasteiger partial charge is 0.382 e. The van der Waals surface area contributed by atoms with E-state index in [9.17, 15) is 28.1 Å². The SMILES string of the molecule is C.O=C(NCC1CCN(c2ccccc2)CC1)N1CCC(Nc2ccc([N+](=O)[O-])c(C(F)(F)F)c2)CC1. The molecule has 0 aromatic heterocycles. The van der Waals surface area contributed by atoms with Gasteiger partial charge >= 0.3 is 12.2 Å². The van der Waals surface area contributed by atoms with Gasteiger partial charge in [0.2, 0.25) is 0 Å². The summed E-state index contributed by atoms with van der Waals surface area (Å²) in [6.07, 6.45) is -1.66. The highest BCUT2D eigenvalue weighted by atomic mass is 19.4. The van der Waals surface area contributed by atoms with Crippen molar-refractivity contribution >= 4 is 23.1 Å². The second-order valence-corrected chi connectivity index (χ2v) is 9.34. The summed E-state index contributed by atoms with van der Waals surface area (Å²) in [6.45, 7) is 3.51. The van der Waals surface area contributed by atoms with Gasteiger partial charge in [0.25, 0.3) is 5.69 Å². The number of nitro groups is 1. The number of urea groups is 1. The third kappa shape index (κ3) is 7.27. The summed E-state index contributed by atoms with van der Waals surface area (Å²) >= 11 is 0. The van der Waals surface area contributed by atoms with Crippen molar-refractivity contribution in [3.8, 4) is 0 Å². The van der Waals surface area contributed by atoms with Crippen molar-refractivity contribution in [2.45, 2.75) is 45.3 Å². The predicted molar refractivity (Wildman–Crippen MR) is 138 cm³/mol. The molecule has 37 heavy (non-hydrogen) atoms. The first-order chi connectivity index (χ1) is 17.2. The summed E-state index contributed by atoms with van der Waals surface area (Å²) in [7, 11) is 0. The Hall–Kier alpha value is -3.50. The zero-order valence-electron chi connectivity index (χ0n) is 19.8. The number of nitrogens with one attached hydrogen (secondary N) is 2. The van der Waals surface area contributed by atoms with Gasteiger partial charge in [0, 0.05) is 56.2 Å². The average molecular weight is 522 g/mol. The maximum atomic E-state index is 13.2. The summed E-state index contributed by atoms with van der Waals surface area (Å²) in [5.41, 5.74) is -0.841. The van der Waals surface area contributed by atoms with Crippen LogP contribution in [-0.2, 0) is 6.18 Å². The van der Waals surface area contributed by atoms with E-state index in [0.29, 0.717) is 38.4 Å². The van der Waals surface area contributed by atoms with Crippen LogP contribution in [0.15, 0.2) is 48.5 Å². The molecule has 2 aliphatic rings. The van der Waals surface area contributed by atoms with Crippen molar-refractivity contribution in [2.75, 3.05) is 42.9 Å². The van der Waals surface area contributed by atoms with Crippen molar-refractivity contribution in [2.24, 2.45) is 5.92 Å². The maximum absolute atomic E-state index is 13.2. The highest BCUT2D eigenvalue weighted by molar-refractivity contribution is 5.74. The number of piperidine rings is 2. The standard InChI is InChI=1S/C25H30F3N5O3.CH4/c26-25(27,28)22-16-20(6-7-23(22)33(35)36)30-19-10-14-32(15-11-19)24(34)29-17-18-8-12-31(13-9-18)21-4-2-1-3-5-21;/h1-7,16,18-19,30H,8-15,17H2,(H,29,34);1H4. The van der Waals surface area contributed by atoms with Gasteiger partial charge in [-0.3, -0.25) is 10.1 Å². The number of hydrogen-bond acceptors (Lipinski definition) is 5. The van der Waals surface area contributed by atoms with Crippen LogP contribution in [0.5, 0.6) is 0 Å².